The molecule has 0 saturated heterocycles. The largest absolute Gasteiger partial charge is 0.308 e. The quantitative estimate of drug-likeness (QED) is 0.272. The van der Waals surface area contributed by atoms with Crippen molar-refractivity contribution in [3.63, 3.8) is 0 Å². The van der Waals surface area contributed by atoms with E-state index in [4.69, 9.17) is 92.8 Å². The van der Waals surface area contributed by atoms with Crippen molar-refractivity contribution in [3.8, 4) is 0 Å². The zero-order chi connectivity index (χ0) is 17.3. The molecule has 0 amide bonds. The van der Waals surface area contributed by atoms with Gasteiger partial charge >= 0.3 is 5.92 Å². The van der Waals surface area contributed by atoms with Gasteiger partial charge in [0.25, 0.3) is 5.92 Å². The molecule has 3 rings (SSSR count). The molecular weight excluding hydrogens is 480 g/mol. The van der Waals surface area contributed by atoms with Gasteiger partial charge in [-0.25, -0.2) is 8.78 Å². The average molecular weight is 480 g/mol. The molecular formula is C10Cl8F4. The Hall–Kier alpha value is 1.52. The van der Waals surface area contributed by atoms with Crippen molar-refractivity contribution < 1.29 is 17.6 Å². The van der Waals surface area contributed by atoms with Gasteiger partial charge < -0.3 is 0 Å². The highest BCUT2D eigenvalue weighted by Gasteiger charge is 3.03. The normalized spacial score (nSPS) is 51.8. The second-order valence-corrected chi connectivity index (χ2v) is 8.82. The first kappa shape index (κ1) is 18.3. The van der Waals surface area contributed by atoms with E-state index in [1.54, 1.807) is 0 Å². The Kier molecular flexibility index (Phi) is 3.54. The van der Waals surface area contributed by atoms with E-state index < -0.39 is 51.5 Å². The van der Waals surface area contributed by atoms with Crippen molar-refractivity contribution in [3.05, 3.63) is 20.1 Å². The lowest BCUT2D eigenvalue weighted by Gasteiger charge is -2.46. The summed E-state index contributed by atoms with van der Waals surface area (Å²) >= 11 is 46.3. The van der Waals surface area contributed by atoms with Crippen LogP contribution < -0.4 is 0 Å². The van der Waals surface area contributed by atoms with Crippen molar-refractivity contribution in [1.29, 1.82) is 0 Å². The third-order valence-corrected chi connectivity index (χ3v) is 9.89. The first-order chi connectivity index (χ1) is 9.63. The minimum absolute atomic E-state index is 0.914. The Balaban J connectivity index is 2.57. The topological polar surface area (TPSA) is 0 Å². The lowest BCUT2D eigenvalue weighted by atomic mass is 9.80. The molecule has 4 atom stereocenters. The fraction of sp³-hybridized carbons (Fsp3) is 0.600. The van der Waals surface area contributed by atoms with E-state index in [9.17, 15) is 17.6 Å². The van der Waals surface area contributed by atoms with Gasteiger partial charge in [-0.2, -0.15) is 8.78 Å². The van der Waals surface area contributed by atoms with Crippen LogP contribution in [0, 0.1) is 0 Å². The van der Waals surface area contributed by atoms with E-state index in [0.717, 1.165) is 0 Å². The molecule has 0 N–H and O–H groups in total. The van der Waals surface area contributed by atoms with E-state index in [-0.39, 0.29) is 0 Å². The molecule has 0 aliphatic heterocycles. The van der Waals surface area contributed by atoms with Gasteiger partial charge in [0.15, 0.2) is 14.6 Å². The fourth-order valence-corrected chi connectivity index (χ4v) is 7.30. The van der Waals surface area contributed by atoms with E-state index in [1.165, 1.54) is 0 Å². The molecule has 3 aliphatic carbocycles. The Morgan fingerprint density at radius 1 is 0.545 bits per heavy atom. The summed E-state index contributed by atoms with van der Waals surface area (Å²) in [6.07, 6.45) is 0. The molecule has 3 aliphatic rings. The molecule has 0 heterocycles. The molecule has 0 spiro atoms. The van der Waals surface area contributed by atoms with Gasteiger partial charge in [-0.1, -0.05) is 46.4 Å². The van der Waals surface area contributed by atoms with Crippen molar-refractivity contribution >= 4 is 92.8 Å². The summed E-state index contributed by atoms with van der Waals surface area (Å²) < 4.78 is 58.8. The number of fused-ring (bicyclic) bond motifs is 5. The van der Waals surface area contributed by atoms with Crippen molar-refractivity contribution in [1.82, 2.24) is 0 Å². The smallest absolute Gasteiger partial charge is 0.202 e. The second kappa shape index (κ2) is 4.25. The van der Waals surface area contributed by atoms with E-state index in [0.29, 0.717) is 0 Å². The summed E-state index contributed by atoms with van der Waals surface area (Å²) in [4.78, 5) is -13.0. The Morgan fingerprint density at radius 2 is 0.909 bits per heavy atom. The highest BCUT2D eigenvalue weighted by atomic mass is 35.5. The van der Waals surface area contributed by atoms with Crippen LogP contribution in [0.2, 0.25) is 0 Å². The maximum absolute atomic E-state index is 14.8. The van der Waals surface area contributed by atoms with Gasteiger partial charge in [0.1, 0.15) is 9.91 Å². The highest BCUT2D eigenvalue weighted by Crippen LogP contribution is 2.87. The van der Waals surface area contributed by atoms with Crippen LogP contribution in [0.25, 0.3) is 0 Å². The van der Waals surface area contributed by atoms with Crippen molar-refractivity contribution in [2.45, 2.75) is 31.3 Å². The zero-order valence-corrected chi connectivity index (χ0v) is 15.6. The minimum atomic E-state index is -4.35. The number of alkyl halides is 8. The number of hydrogen-bond donors (Lipinski definition) is 0. The Bertz CT molecular complexity index is 688. The zero-order valence-electron chi connectivity index (χ0n) is 9.54. The maximum atomic E-state index is 14.8. The van der Waals surface area contributed by atoms with Gasteiger partial charge in [-0.15, -0.1) is 46.4 Å². The number of rotatable bonds is 0. The molecule has 124 valence electrons. The summed E-state index contributed by atoms with van der Waals surface area (Å²) in [5, 5.41) is -4.35. The predicted molar refractivity (Wildman–Crippen MR) is 81.7 cm³/mol. The Labute approximate surface area is 161 Å². The first-order valence-corrected chi connectivity index (χ1v) is 8.29. The molecule has 1 fully saturated rings. The summed E-state index contributed by atoms with van der Waals surface area (Å²) in [6.45, 7) is 0. The molecule has 1 saturated carbocycles. The monoisotopic (exact) mass is 476 g/mol. The van der Waals surface area contributed by atoms with Gasteiger partial charge in [-0.05, 0) is 0 Å². The van der Waals surface area contributed by atoms with Crippen LogP contribution in [0.3, 0.4) is 0 Å². The molecule has 2 bridgehead atoms. The van der Waals surface area contributed by atoms with Gasteiger partial charge in [0.05, 0.1) is 15.1 Å². The number of hydrogen-bond acceptors (Lipinski definition) is 0. The average Bonchev–Trinajstić information content (AvgIpc) is 2.65. The van der Waals surface area contributed by atoms with Gasteiger partial charge in [-0.3, -0.25) is 0 Å². The number of halogens is 12. The molecule has 0 nitrogen and oxygen atoms in total. The molecule has 0 aromatic heterocycles. The predicted octanol–water partition coefficient (Wildman–Crippen LogP) is 6.59. The lowest BCUT2D eigenvalue weighted by Crippen LogP contribution is -2.65. The van der Waals surface area contributed by atoms with E-state index >= 15 is 0 Å². The van der Waals surface area contributed by atoms with Crippen LogP contribution in [0.15, 0.2) is 20.1 Å². The molecule has 0 unspecified atom stereocenters. The standard InChI is InChI=1S/C10Cl8F4/c11-1-2(12)7(17)9(18)5(15,6(1,16)10(7,21)22)3(13)4(14)8(9,19)20/t5-,6+,7-,9-/m1/s1. The van der Waals surface area contributed by atoms with Gasteiger partial charge in [0, 0.05) is 0 Å². The van der Waals surface area contributed by atoms with Crippen LogP contribution in [-0.4, -0.2) is 31.3 Å². The van der Waals surface area contributed by atoms with Crippen molar-refractivity contribution in [2.24, 2.45) is 0 Å². The van der Waals surface area contributed by atoms with Crippen molar-refractivity contribution in [2.75, 3.05) is 0 Å². The lowest BCUT2D eigenvalue weighted by molar-refractivity contribution is -0.0503. The molecule has 12 heteroatoms. The van der Waals surface area contributed by atoms with Crippen LogP contribution in [0.4, 0.5) is 17.6 Å². The Morgan fingerprint density at radius 3 is 1.36 bits per heavy atom. The van der Waals surface area contributed by atoms with Crippen LogP contribution in [0.5, 0.6) is 0 Å². The maximum Gasteiger partial charge on any atom is 0.308 e. The highest BCUT2D eigenvalue weighted by molar-refractivity contribution is 6.63. The third kappa shape index (κ3) is 1.18. The summed E-state index contributed by atoms with van der Waals surface area (Å²) in [5.74, 6) is -8.68. The van der Waals surface area contributed by atoms with Crippen LogP contribution in [-0.2, 0) is 0 Å². The summed E-state index contributed by atoms with van der Waals surface area (Å²) in [6, 6.07) is 0. The third-order valence-electron chi connectivity index (χ3n) is 4.29. The SMILES string of the molecule is FC1(F)C(Cl)=C(Cl)[C@]2(Cl)[C@@]1(Cl)[C@]1(Cl)C(Cl)=C(Cl)[C@@]2(Cl)C1(F)F. The van der Waals surface area contributed by atoms with E-state index in [1.807, 2.05) is 0 Å². The molecule has 0 radical (unpaired) electrons. The van der Waals surface area contributed by atoms with Crippen LogP contribution >= 0.6 is 92.8 Å². The molecule has 0 aromatic carbocycles. The first-order valence-electron chi connectivity index (χ1n) is 5.27. The van der Waals surface area contributed by atoms with E-state index in [2.05, 4.69) is 0 Å². The number of allylic oxidation sites excluding steroid dienone is 4. The van der Waals surface area contributed by atoms with Gasteiger partial charge in [0.2, 0.25) is 0 Å². The minimum Gasteiger partial charge on any atom is -0.202 e. The molecule has 22 heavy (non-hydrogen) atoms. The molecule has 0 aromatic rings. The summed E-state index contributed by atoms with van der Waals surface area (Å²) in [5.41, 5.74) is 0. The second-order valence-electron chi connectivity index (χ2n) is 5.04. The summed E-state index contributed by atoms with van der Waals surface area (Å²) in [7, 11) is 0. The fourth-order valence-electron chi connectivity index (χ4n) is 3.20. The van der Waals surface area contributed by atoms with Crippen LogP contribution in [0.1, 0.15) is 0 Å².